The van der Waals surface area contributed by atoms with Crippen LogP contribution in [0.3, 0.4) is 0 Å². The van der Waals surface area contributed by atoms with Crippen LogP contribution >= 0.6 is 0 Å². The maximum atomic E-state index is 4.44. The maximum absolute atomic E-state index is 4.44. The van der Waals surface area contributed by atoms with Gasteiger partial charge < -0.3 is 5.32 Å². The van der Waals surface area contributed by atoms with E-state index in [1.807, 2.05) is 6.20 Å². The minimum atomic E-state index is 0.222. The van der Waals surface area contributed by atoms with E-state index >= 15 is 0 Å². The summed E-state index contributed by atoms with van der Waals surface area (Å²) < 4.78 is 2.11. The Morgan fingerprint density at radius 3 is 2.45 bits per heavy atom. The lowest BCUT2D eigenvalue weighted by Crippen LogP contribution is -2.25. The van der Waals surface area contributed by atoms with E-state index in [2.05, 4.69) is 66.2 Å². The zero-order chi connectivity index (χ0) is 14.4. The van der Waals surface area contributed by atoms with Gasteiger partial charge in [-0.3, -0.25) is 4.68 Å². The number of nitrogens with one attached hydrogen (secondary N) is 1. The molecule has 1 N–H and O–H groups in total. The molecule has 2 rings (SSSR count). The molecule has 0 aliphatic rings. The Balaban J connectivity index is 2.31. The van der Waals surface area contributed by atoms with E-state index in [4.69, 9.17) is 0 Å². The average Bonchev–Trinajstić information content (AvgIpc) is 2.93. The zero-order valence-electron chi connectivity index (χ0n) is 12.8. The Labute approximate surface area is 122 Å². The molecule has 0 radical (unpaired) electrons. The average molecular weight is 271 g/mol. The Kier molecular flexibility index (Phi) is 5.36. The lowest BCUT2D eigenvalue weighted by atomic mass is 10.0. The van der Waals surface area contributed by atoms with Crippen molar-refractivity contribution in [3.63, 3.8) is 0 Å². The van der Waals surface area contributed by atoms with Crippen molar-refractivity contribution in [3.8, 4) is 0 Å². The van der Waals surface area contributed by atoms with Crippen LogP contribution < -0.4 is 5.32 Å². The van der Waals surface area contributed by atoms with Crippen molar-refractivity contribution in [1.82, 2.24) is 15.1 Å². The molecule has 0 aliphatic heterocycles. The molecule has 3 heteroatoms. The highest BCUT2D eigenvalue weighted by molar-refractivity contribution is 5.30. The van der Waals surface area contributed by atoms with E-state index in [0.717, 1.165) is 25.9 Å². The third-order valence-electron chi connectivity index (χ3n) is 3.61. The van der Waals surface area contributed by atoms with Crippen LogP contribution in [0.5, 0.6) is 0 Å². The highest BCUT2D eigenvalue weighted by Gasteiger charge is 2.17. The van der Waals surface area contributed by atoms with Crippen molar-refractivity contribution in [3.05, 3.63) is 53.3 Å². The van der Waals surface area contributed by atoms with Gasteiger partial charge in [0.15, 0.2) is 0 Å². The maximum Gasteiger partial charge on any atom is 0.0748 e. The van der Waals surface area contributed by atoms with E-state index in [1.165, 1.54) is 16.8 Å². The van der Waals surface area contributed by atoms with Gasteiger partial charge in [-0.2, -0.15) is 5.10 Å². The largest absolute Gasteiger partial charge is 0.305 e. The highest BCUT2D eigenvalue weighted by Crippen LogP contribution is 2.22. The predicted molar refractivity (Wildman–Crippen MR) is 83.9 cm³/mol. The lowest BCUT2D eigenvalue weighted by Gasteiger charge is -2.20. The number of benzene rings is 1. The third-order valence-corrected chi connectivity index (χ3v) is 3.61. The summed E-state index contributed by atoms with van der Waals surface area (Å²) in [6.45, 7) is 8.43. The second-order valence-electron chi connectivity index (χ2n) is 5.07. The first-order valence-corrected chi connectivity index (χ1v) is 7.64. The summed E-state index contributed by atoms with van der Waals surface area (Å²) in [5.41, 5.74) is 3.94. The fourth-order valence-electron chi connectivity index (χ4n) is 2.53. The SMILES string of the molecule is CCCn1nccc1C(NCC)c1ccc(CC)cc1. The van der Waals surface area contributed by atoms with E-state index in [1.54, 1.807) is 0 Å². The van der Waals surface area contributed by atoms with Crippen molar-refractivity contribution < 1.29 is 0 Å². The molecule has 0 amide bonds. The second-order valence-corrected chi connectivity index (χ2v) is 5.07. The lowest BCUT2D eigenvalue weighted by molar-refractivity contribution is 0.520. The molecule has 1 aromatic carbocycles. The molecule has 0 saturated heterocycles. The van der Waals surface area contributed by atoms with Crippen LogP contribution in [0, 0.1) is 0 Å². The molecule has 0 spiro atoms. The van der Waals surface area contributed by atoms with Crippen molar-refractivity contribution in [1.29, 1.82) is 0 Å². The number of nitrogens with zero attached hydrogens (tertiary/aromatic N) is 2. The van der Waals surface area contributed by atoms with Gasteiger partial charge in [-0.15, -0.1) is 0 Å². The van der Waals surface area contributed by atoms with Crippen LogP contribution in [0.1, 0.15) is 50.1 Å². The van der Waals surface area contributed by atoms with Crippen LogP contribution in [0.2, 0.25) is 0 Å². The quantitative estimate of drug-likeness (QED) is 0.834. The number of aromatic nitrogens is 2. The van der Waals surface area contributed by atoms with Gasteiger partial charge in [-0.1, -0.05) is 45.0 Å². The van der Waals surface area contributed by atoms with Gasteiger partial charge in [0, 0.05) is 12.7 Å². The second kappa shape index (κ2) is 7.25. The fraction of sp³-hybridized carbons (Fsp3) is 0.471. The van der Waals surface area contributed by atoms with Gasteiger partial charge in [0.2, 0.25) is 0 Å². The number of aryl methyl sites for hydroxylation is 2. The van der Waals surface area contributed by atoms with Crippen LogP contribution in [0.15, 0.2) is 36.5 Å². The van der Waals surface area contributed by atoms with E-state index in [-0.39, 0.29) is 6.04 Å². The minimum Gasteiger partial charge on any atom is -0.305 e. The summed E-state index contributed by atoms with van der Waals surface area (Å²) in [6.07, 6.45) is 4.08. The van der Waals surface area contributed by atoms with Crippen molar-refractivity contribution in [2.75, 3.05) is 6.54 Å². The molecule has 108 valence electrons. The zero-order valence-corrected chi connectivity index (χ0v) is 12.8. The van der Waals surface area contributed by atoms with Crippen LogP contribution in [-0.4, -0.2) is 16.3 Å². The molecule has 2 aromatic rings. The van der Waals surface area contributed by atoms with Gasteiger partial charge in [0.25, 0.3) is 0 Å². The van der Waals surface area contributed by atoms with E-state index < -0.39 is 0 Å². The smallest absolute Gasteiger partial charge is 0.0748 e. The molecular formula is C17H25N3. The first kappa shape index (κ1) is 14.8. The molecule has 0 aliphatic carbocycles. The Bertz CT molecular complexity index is 513. The van der Waals surface area contributed by atoms with Gasteiger partial charge >= 0.3 is 0 Å². The normalized spacial score (nSPS) is 12.6. The summed E-state index contributed by atoms with van der Waals surface area (Å²) in [7, 11) is 0. The molecule has 1 unspecified atom stereocenters. The molecule has 1 atom stereocenters. The minimum absolute atomic E-state index is 0.222. The van der Waals surface area contributed by atoms with Crippen molar-refractivity contribution in [2.45, 2.75) is 46.2 Å². The molecule has 20 heavy (non-hydrogen) atoms. The monoisotopic (exact) mass is 271 g/mol. The number of hydrogen-bond donors (Lipinski definition) is 1. The van der Waals surface area contributed by atoms with Crippen molar-refractivity contribution in [2.24, 2.45) is 0 Å². The standard InChI is InChI=1S/C17H25N3/c1-4-13-20-16(11-12-19-20)17(18-6-3)15-9-7-14(5-2)8-10-15/h7-12,17-18H,4-6,13H2,1-3H3. The van der Waals surface area contributed by atoms with Gasteiger partial charge in [-0.25, -0.2) is 0 Å². The first-order valence-electron chi connectivity index (χ1n) is 7.64. The molecule has 1 heterocycles. The van der Waals surface area contributed by atoms with Crippen LogP contribution in [-0.2, 0) is 13.0 Å². The summed E-state index contributed by atoms with van der Waals surface area (Å²) in [5.74, 6) is 0. The Morgan fingerprint density at radius 2 is 1.85 bits per heavy atom. The van der Waals surface area contributed by atoms with E-state index in [9.17, 15) is 0 Å². The van der Waals surface area contributed by atoms with Gasteiger partial charge in [0.1, 0.15) is 0 Å². The molecular weight excluding hydrogens is 246 g/mol. The van der Waals surface area contributed by atoms with Crippen LogP contribution in [0.4, 0.5) is 0 Å². The fourth-order valence-corrected chi connectivity index (χ4v) is 2.53. The Hall–Kier alpha value is -1.61. The van der Waals surface area contributed by atoms with Crippen molar-refractivity contribution >= 4 is 0 Å². The third kappa shape index (κ3) is 3.28. The topological polar surface area (TPSA) is 29.9 Å². The molecule has 3 nitrogen and oxygen atoms in total. The first-order chi connectivity index (χ1) is 9.80. The predicted octanol–water partition coefficient (Wildman–Crippen LogP) is 3.55. The Morgan fingerprint density at radius 1 is 1.10 bits per heavy atom. The molecule has 0 fully saturated rings. The van der Waals surface area contributed by atoms with E-state index in [0.29, 0.717) is 0 Å². The van der Waals surface area contributed by atoms with Gasteiger partial charge in [-0.05, 0) is 36.6 Å². The number of rotatable bonds is 7. The summed E-state index contributed by atoms with van der Waals surface area (Å²) in [4.78, 5) is 0. The summed E-state index contributed by atoms with van der Waals surface area (Å²) in [5, 5.41) is 8.02. The molecule has 1 aromatic heterocycles. The van der Waals surface area contributed by atoms with Crippen LogP contribution in [0.25, 0.3) is 0 Å². The molecule has 0 bridgehead atoms. The van der Waals surface area contributed by atoms with Gasteiger partial charge in [0.05, 0.1) is 11.7 Å². The number of hydrogen-bond acceptors (Lipinski definition) is 2. The summed E-state index contributed by atoms with van der Waals surface area (Å²) >= 11 is 0. The molecule has 0 saturated carbocycles. The highest BCUT2D eigenvalue weighted by atomic mass is 15.3. The summed E-state index contributed by atoms with van der Waals surface area (Å²) in [6, 6.07) is 11.3.